The zero-order valence-electron chi connectivity index (χ0n) is 9.96. The molecule has 0 saturated carbocycles. The molecule has 0 radical (unpaired) electrons. The maximum Gasteiger partial charge on any atom is 0.235 e. The van der Waals surface area contributed by atoms with Crippen molar-refractivity contribution in [3.63, 3.8) is 0 Å². The van der Waals surface area contributed by atoms with Gasteiger partial charge in [0, 0.05) is 6.08 Å². The minimum absolute atomic E-state index is 0.477. The van der Waals surface area contributed by atoms with E-state index < -0.39 is 4.92 Å². The quantitative estimate of drug-likeness (QED) is 0.413. The lowest BCUT2D eigenvalue weighted by molar-refractivity contribution is -0.400. The van der Waals surface area contributed by atoms with E-state index in [9.17, 15) is 10.1 Å². The minimum atomic E-state index is -0.477. The second-order valence-corrected chi connectivity index (χ2v) is 3.73. The number of ether oxygens (including phenoxy) is 1. The van der Waals surface area contributed by atoms with Crippen molar-refractivity contribution in [2.45, 2.75) is 26.2 Å². The lowest BCUT2D eigenvalue weighted by Crippen LogP contribution is -1.96. The highest BCUT2D eigenvalue weighted by atomic mass is 16.6. The second kappa shape index (κ2) is 7.44. The number of nitro groups is 1. The highest BCUT2D eigenvalue weighted by Gasteiger charge is 1.94. The van der Waals surface area contributed by atoms with Crippen LogP contribution in [0.3, 0.4) is 0 Å². The van der Waals surface area contributed by atoms with Gasteiger partial charge in [-0.05, 0) is 24.1 Å². The number of nitrogens with zero attached hydrogens (tertiary/aromatic N) is 1. The van der Waals surface area contributed by atoms with Crippen molar-refractivity contribution in [2.75, 3.05) is 6.61 Å². The largest absolute Gasteiger partial charge is 0.494 e. The Bertz CT molecular complexity index is 371. The van der Waals surface area contributed by atoms with Crippen LogP contribution in [-0.4, -0.2) is 11.5 Å². The summed E-state index contributed by atoms with van der Waals surface area (Å²) in [5, 5.41) is 10.1. The highest BCUT2D eigenvalue weighted by Crippen LogP contribution is 2.13. The molecular formula is C13H17NO3. The second-order valence-electron chi connectivity index (χ2n) is 3.73. The lowest BCUT2D eigenvalue weighted by atomic mass is 10.2. The zero-order valence-corrected chi connectivity index (χ0v) is 9.96. The normalized spacial score (nSPS) is 10.6. The van der Waals surface area contributed by atoms with Gasteiger partial charge in [-0.2, -0.15) is 0 Å². The summed E-state index contributed by atoms with van der Waals surface area (Å²) < 4.78 is 5.53. The summed E-state index contributed by atoms with van der Waals surface area (Å²) >= 11 is 0. The van der Waals surface area contributed by atoms with E-state index in [0.717, 1.165) is 30.5 Å². The van der Waals surface area contributed by atoms with Gasteiger partial charge in [-0.3, -0.25) is 10.1 Å². The van der Waals surface area contributed by atoms with Crippen LogP contribution in [0, 0.1) is 10.1 Å². The first-order valence-corrected chi connectivity index (χ1v) is 5.77. The predicted molar refractivity (Wildman–Crippen MR) is 67.5 cm³/mol. The van der Waals surface area contributed by atoms with E-state index in [0.29, 0.717) is 0 Å². The molecule has 92 valence electrons. The highest BCUT2D eigenvalue weighted by molar-refractivity contribution is 5.49. The van der Waals surface area contributed by atoms with E-state index in [1.165, 1.54) is 18.9 Å². The average Bonchev–Trinajstić information content (AvgIpc) is 2.33. The van der Waals surface area contributed by atoms with Crippen LogP contribution in [0.1, 0.15) is 31.7 Å². The van der Waals surface area contributed by atoms with Gasteiger partial charge in [-0.1, -0.05) is 31.9 Å². The topological polar surface area (TPSA) is 52.4 Å². The first kappa shape index (κ1) is 13.2. The van der Waals surface area contributed by atoms with E-state index in [2.05, 4.69) is 6.92 Å². The molecule has 0 fully saturated rings. The molecule has 0 N–H and O–H groups in total. The standard InChI is InChI=1S/C13H17NO3/c1-2-3-4-11-17-13-7-5-12(6-8-13)9-10-14(15)16/h5-10H,2-4,11H2,1H3/b10-9+. The monoisotopic (exact) mass is 235 g/mol. The molecule has 1 aromatic rings. The molecule has 1 rings (SSSR count). The fourth-order valence-corrected chi connectivity index (χ4v) is 1.36. The van der Waals surface area contributed by atoms with Crippen LogP contribution < -0.4 is 4.74 Å². The third kappa shape index (κ3) is 5.70. The summed E-state index contributed by atoms with van der Waals surface area (Å²) in [6.07, 6.45) is 5.79. The fraction of sp³-hybridized carbons (Fsp3) is 0.385. The first-order valence-electron chi connectivity index (χ1n) is 5.77. The Hall–Kier alpha value is -1.84. The summed E-state index contributed by atoms with van der Waals surface area (Å²) in [5.74, 6) is 0.805. The van der Waals surface area contributed by atoms with Crippen molar-refractivity contribution in [1.29, 1.82) is 0 Å². The van der Waals surface area contributed by atoms with Crippen LogP contribution in [0.25, 0.3) is 6.08 Å². The van der Waals surface area contributed by atoms with Crippen molar-refractivity contribution < 1.29 is 9.66 Å². The SMILES string of the molecule is CCCCCOc1ccc(/C=C/[N+](=O)[O-])cc1. The lowest BCUT2D eigenvalue weighted by Gasteiger charge is -2.05. The molecule has 0 bridgehead atoms. The van der Waals surface area contributed by atoms with E-state index >= 15 is 0 Å². The third-order valence-electron chi connectivity index (χ3n) is 2.29. The van der Waals surface area contributed by atoms with Crippen molar-refractivity contribution in [2.24, 2.45) is 0 Å². The zero-order chi connectivity index (χ0) is 12.5. The number of hydrogen-bond donors (Lipinski definition) is 0. The Morgan fingerprint density at radius 2 is 2.00 bits per heavy atom. The summed E-state index contributed by atoms with van der Waals surface area (Å²) in [6.45, 7) is 2.87. The van der Waals surface area contributed by atoms with E-state index in [1.807, 2.05) is 12.1 Å². The van der Waals surface area contributed by atoms with Crippen LogP contribution >= 0.6 is 0 Å². The van der Waals surface area contributed by atoms with E-state index in [4.69, 9.17) is 4.74 Å². The van der Waals surface area contributed by atoms with Gasteiger partial charge >= 0.3 is 0 Å². The van der Waals surface area contributed by atoms with Crippen molar-refractivity contribution in [3.05, 3.63) is 46.1 Å². The molecule has 0 atom stereocenters. The first-order chi connectivity index (χ1) is 8.22. The fourth-order valence-electron chi connectivity index (χ4n) is 1.36. The van der Waals surface area contributed by atoms with Crippen molar-refractivity contribution in [1.82, 2.24) is 0 Å². The Morgan fingerprint density at radius 1 is 1.29 bits per heavy atom. The van der Waals surface area contributed by atoms with Gasteiger partial charge in [0.1, 0.15) is 5.75 Å². The maximum atomic E-state index is 10.1. The summed E-state index contributed by atoms with van der Waals surface area (Å²) in [6, 6.07) is 7.25. The van der Waals surface area contributed by atoms with Gasteiger partial charge in [-0.25, -0.2) is 0 Å². The number of rotatable bonds is 7. The van der Waals surface area contributed by atoms with Crippen LogP contribution in [0.4, 0.5) is 0 Å². The average molecular weight is 235 g/mol. The predicted octanol–water partition coefficient (Wildman–Crippen LogP) is 3.50. The van der Waals surface area contributed by atoms with Gasteiger partial charge in [-0.15, -0.1) is 0 Å². The Labute approximate surface area is 101 Å². The Balaban J connectivity index is 2.42. The number of unbranched alkanes of at least 4 members (excludes halogenated alkanes) is 2. The summed E-state index contributed by atoms with van der Waals surface area (Å²) in [7, 11) is 0. The molecule has 0 aromatic heterocycles. The maximum absolute atomic E-state index is 10.1. The molecule has 0 unspecified atom stereocenters. The molecule has 0 aliphatic rings. The smallest absolute Gasteiger partial charge is 0.235 e. The Morgan fingerprint density at radius 3 is 2.59 bits per heavy atom. The summed E-state index contributed by atoms with van der Waals surface area (Å²) in [5.41, 5.74) is 0.794. The molecule has 0 saturated heterocycles. The molecule has 1 aromatic carbocycles. The van der Waals surface area contributed by atoms with Gasteiger partial charge < -0.3 is 4.74 Å². The minimum Gasteiger partial charge on any atom is -0.494 e. The molecule has 0 spiro atoms. The molecule has 17 heavy (non-hydrogen) atoms. The van der Waals surface area contributed by atoms with E-state index in [-0.39, 0.29) is 0 Å². The van der Waals surface area contributed by atoms with Gasteiger partial charge in [0.05, 0.1) is 11.5 Å². The number of benzene rings is 1. The number of hydrogen-bond acceptors (Lipinski definition) is 3. The van der Waals surface area contributed by atoms with Crippen LogP contribution in [0.15, 0.2) is 30.5 Å². The molecule has 4 nitrogen and oxygen atoms in total. The molecule has 0 amide bonds. The van der Waals surface area contributed by atoms with Gasteiger partial charge in [0.25, 0.3) is 0 Å². The Kier molecular flexibility index (Phi) is 5.79. The van der Waals surface area contributed by atoms with Crippen LogP contribution in [-0.2, 0) is 0 Å². The molecular weight excluding hydrogens is 218 g/mol. The van der Waals surface area contributed by atoms with Crippen molar-refractivity contribution >= 4 is 6.08 Å². The van der Waals surface area contributed by atoms with Crippen molar-refractivity contribution in [3.8, 4) is 5.75 Å². The van der Waals surface area contributed by atoms with Gasteiger partial charge in [0.2, 0.25) is 6.20 Å². The van der Waals surface area contributed by atoms with Crippen LogP contribution in [0.2, 0.25) is 0 Å². The van der Waals surface area contributed by atoms with Crippen LogP contribution in [0.5, 0.6) is 5.75 Å². The molecule has 0 aliphatic heterocycles. The summed E-state index contributed by atoms with van der Waals surface area (Å²) in [4.78, 5) is 9.66. The molecule has 0 aliphatic carbocycles. The van der Waals surface area contributed by atoms with E-state index in [1.54, 1.807) is 12.1 Å². The molecule has 0 heterocycles. The molecule has 4 heteroatoms. The van der Waals surface area contributed by atoms with Gasteiger partial charge in [0.15, 0.2) is 0 Å². The third-order valence-corrected chi connectivity index (χ3v) is 2.29.